The fourth-order valence-electron chi connectivity index (χ4n) is 2.25. The lowest BCUT2D eigenvalue weighted by atomic mass is 9.96. The van der Waals surface area contributed by atoms with Gasteiger partial charge >= 0.3 is 0 Å². The summed E-state index contributed by atoms with van der Waals surface area (Å²) in [5, 5.41) is 0. The molecule has 1 aliphatic carbocycles. The van der Waals surface area contributed by atoms with E-state index in [1.165, 1.54) is 24.8 Å². The average Bonchev–Trinajstić information content (AvgIpc) is 2.89. The zero-order valence-electron chi connectivity index (χ0n) is 8.87. The molecule has 14 heavy (non-hydrogen) atoms. The van der Waals surface area contributed by atoms with Crippen LogP contribution in [0.15, 0.2) is 30.3 Å². The smallest absolute Gasteiger partial charge is 0.00434 e. The Morgan fingerprint density at radius 2 is 2.07 bits per heavy atom. The SMILES string of the molecule is CC1(CCc2ccccc2)CC1CN. The van der Waals surface area contributed by atoms with Crippen molar-refractivity contribution in [2.75, 3.05) is 6.54 Å². The molecule has 0 radical (unpaired) electrons. The lowest BCUT2D eigenvalue weighted by molar-refractivity contribution is 0.465. The quantitative estimate of drug-likeness (QED) is 0.774. The van der Waals surface area contributed by atoms with E-state index in [9.17, 15) is 0 Å². The number of rotatable bonds is 4. The van der Waals surface area contributed by atoms with Gasteiger partial charge in [-0.25, -0.2) is 0 Å². The van der Waals surface area contributed by atoms with Gasteiger partial charge in [0, 0.05) is 0 Å². The van der Waals surface area contributed by atoms with E-state index in [1.54, 1.807) is 0 Å². The van der Waals surface area contributed by atoms with Gasteiger partial charge in [-0.2, -0.15) is 0 Å². The van der Waals surface area contributed by atoms with Crippen molar-refractivity contribution < 1.29 is 0 Å². The molecule has 1 heteroatoms. The maximum Gasteiger partial charge on any atom is -0.00434 e. The number of hydrogen-bond donors (Lipinski definition) is 1. The predicted octanol–water partition coefficient (Wildman–Crippen LogP) is 2.60. The highest BCUT2D eigenvalue weighted by Gasteiger charge is 2.47. The van der Waals surface area contributed by atoms with E-state index < -0.39 is 0 Å². The lowest BCUT2D eigenvalue weighted by Crippen LogP contribution is -2.09. The summed E-state index contributed by atoms with van der Waals surface area (Å²) in [5.41, 5.74) is 7.68. The minimum absolute atomic E-state index is 0.546. The maximum atomic E-state index is 5.68. The van der Waals surface area contributed by atoms with Crippen molar-refractivity contribution in [2.45, 2.75) is 26.2 Å². The molecule has 0 amide bonds. The molecule has 1 fully saturated rings. The van der Waals surface area contributed by atoms with Gasteiger partial charge in [0.2, 0.25) is 0 Å². The Balaban J connectivity index is 1.84. The Kier molecular flexibility index (Phi) is 2.60. The monoisotopic (exact) mass is 189 g/mol. The summed E-state index contributed by atoms with van der Waals surface area (Å²) in [4.78, 5) is 0. The first-order valence-corrected chi connectivity index (χ1v) is 5.48. The largest absolute Gasteiger partial charge is 0.330 e. The second kappa shape index (κ2) is 3.74. The summed E-state index contributed by atoms with van der Waals surface area (Å²) in [7, 11) is 0. The highest BCUT2D eigenvalue weighted by atomic mass is 14.7. The van der Waals surface area contributed by atoms with Crippen molar-refractivity contribution in [3.63, 3.8) is 0 Å². The number of nitrogens with two attached hydrogens (primary N) is 1. The van der Waals surface area contributed by atoms with Gasteiger partial charge in [-0.3, -0.25) is 0 Å². The summed E-state index contributed by atoms with van der Waals surface area (Å²) in [6, 6.07) is 10.7. The third-order valence-electron chi connectivity index (χ3n) is 3.65. The van der Waals surface area contributed by atoms with E-state index in [4.69, 9.17) is 5.73 Å². The van der Waals surface area contributed by atoms with Crippen LogP contribution in [0.5, 0.6) is 0 Å². The minimum Gasteiger partial charge on any atom is -0.330 e. The molecule has 0 spiro atoms. The van der Waals surface area contributed by atoms with Crippen molar-refractivity contribution in [1.82, 2.24) is 0 Å². The average molecular weight is 189 g/mol. The van der Waals surface area contributed by atoms with Crippen molar-refractivity contribution in [3.05, 3.63) is 35.9 Å². The van der Waals surface area contributed by atoms with E-state index in [2.05, 4.69) is 37.3 Å². The molecule has 0 heterocycles. The van der Waals surface area contributed by atoms with Crippen LogP contribution in [0.3, 0.4) is 0 Å². The lowest BCUT2D eigenvalue weighted by Gasteiger charge is -2.09. The molecular weight excluding hydrogens is 170 g/mol. The Bertz CT molecular complexity index is 293. The second-order valence-electron chi connectivity index (χ2n) is 4.78. The minimum atomic E-state index is 0.546. The molecule has 0 aliphatic heterocycles. The third-order valence-corrected chi connectivity index (χ3v) is 3.65. The van der Waals surface area contributed by atoms with Crippen LogP contribution in [-0.2, 0) is 6.42 Å². The molecule has 0 saturated heterocycles. The molecule has 2 N–H and O–H groups in total. The number of hydrogen-bond acceptors (Lipinski definition) is 1. The molecule has 1 aliphatic rings. The van der Waals surface area contributed by atoms with E-state index in [0.717, 1.165) is 12.5 Å². The van der Waals surface area contributed by atoms with Crippen LogP contribution in [0.2, 0.25) is 0 Å². The topological polar surface area (TPSA) is 26.0 Å². The molecule has 76 valence electrons. The van der Waals surface area contributed by atoms with Crippen LogP contribution in [0.4, 0.5) is 0 Å². The second-order valence-corrected chi connectivity index (χ2v) is 4.78. The molecule has 0 bridgehead atoms. The van der Waals surface area contributed by atoms with Crippen molar-refractivity contribution in [1.29, 1.82) is 0 Å². The normalized spacial score (nSPS) is 30.3. The van der Waals surface area contributed by atoms with Crippen molar-refractivity contribution in [2.24, 2.45) is 17.1 Å². The van der Waals surface area contributed by atoms with Crippen molar-refractivity contribution >= 4 is 0 Å². The Morgan fingerprint density at radius 1 is 1.36 bits per heavy atom. The molecule has 2 atom stereocenters. The summed E-state index contributed by atoms with van der Waals surface area (Å²) in [6.45, 7) is 3.23. The van der Waals surface area contributed by atoms with Crippen LogP contribution >= 0.6 is 0 Å². The summed E-state index contributed by atoms with van der Waals surface area (Å²) < 4.78 is 0. The first-order chi connectivity index (χ1) is 6.74. The highest BCUT2D eigenvalue weighted by molar-refractivity contribution is 5.15. The van der Waals surface area contributed by atoms with Gasteiger partial charge in [0.15, 0.2) is 0 Å². The zero-order chi connectivity index (χ0) is 10.0. The molecule has 1 aromatic carbocycles. The fraction of sp³-hybridized carbons (Fsp3) is 0.538. The van der Waals surface area contributed by atoms with E-state index >= 15 is 0 Å². The molecule has 1 nitrogen and oxygen atoms in total. The molecular formula is C13H19N. The molecule has 1 saturated carbocycles. The van der Waals surface area contributed by atoms with Gasteiger partial charge in [0.05, 0.1) is 0 Å². The summed E-state index contributed by atoms with van der Waals surface area (Å²) in [6.07, 6.45) is 3.82. The van der Waals surface area contributed by atoms with Gasteiger partial charge in [0.1, 0.15) is 0 Å². The summed E-state index contributed by atoms with van der Waals surface area (Å²) in [5.74, 6) is 0.784. The number of benzene rings is 1. The van der Waals surface area contributed by atoms with E-state index in [1.807, 2.05) is 0 Å². The van der Waals surface area contributed by atoms with Crippen LogP contribution in [0.25, 0.3) is 0 Å². The van der Waals surface area contributed by atoms with Gasteiger partial charge < -0.3 is 5.73 Å². The maximum absolute atomic E-state index is 5.68. The number of aryl methyl sites for hydroxylation is 1. The first kappa shape index (κ1) is 9.72. The van der Waals surface area contributed by atoms with Crippen LogP contribution < -0.4 is 5.73 Å². The fourth-order valence-corrected chi connectivity index (χ4v) is 2.25. The first-order valence-electron chi connectivity index (χ1n) is 5.48. The van der Waals surface area contributed by atoms with Crippen LogP contribution in [0, 0.1) is 11.3 Å². The van der Waals surface area contributed by atoms with Crippen LogP contribution in [0.1, 0.15) is 25.3 Å². The Labute approximate surface area is 86.3 Å². The van der Waals surface area contributed by atoms with Crippen LogP contribution in [-0.4, -0.2) is 6.54 Å². The van der Waals surface area contributed by atoms with Gasteiger partial charge in [-0.1, -0.05) is 37.3 Å². The van der Waals surface area contributed by atoms with Gasteiger partial charge in [0.25, 0.3) is 0 Å². The Morgan fingerprint density at radius 3 is 2.64 bits per heavy atom. The summed E-state index contributed by atoms with van der Waals surface area (Å²) >= 11 is 0. The van der Waals surface area contributed by atoms with Crippen molar-refractivity contribution in [3.8, 4) is 0 Å². The molecule has 2 unspecified atom stereocenters. The molecule has 1 aromatic rings. The highest BCUT2D eigenvalue weighted by Crippen LogP contribution is 2.54. The molecule has 2 rings (SSSR count). The third kappa shape index (κ3) is 1.98. The van der Waals surface area contributed by atoms with E-state index in [-0.39, 0.29) is 0 Å². The standard InChI is InChI=1S/C13H19N/c1-13(9-12(13)10-14)8-7-11-5-3-2-4-6-11/h2-6,12H,7-10,14H2,1H3. The molecule has 0 aromatic heterocycles. The zero-order valence-corrected chi connectivity index (χ0v) is 8.87. The predicted molar refractivity (Wildman–Crippen MR) is 60.0 cm³/mol. The van der Waals surface area contributed by atoms with Gasteiger partial charge in [-0.15, -0.1) is 0 Å². The van der Waals surface area contributed by atoms with E-state index in [0.29, 0.717) is 5.41 Å². The van der Waals surface area contributed by atoms with Gasteiger partial charge in [-0.05, 0) is 42.7 Å². The Hall–Kier alpha value is -0.820.